The molecule has 5 heteroatoms. The summed E-state index contributed by atoms with van der Waals surface area (Å²) in [6, 6.07) is 17.4. The van der Waals surface area contributed by atoms with Crippen LogP contribution in [0.1, 0.15) is 24.0 Å². The van der Waals surface area contributed by atoms with Gasteiger partial charge in [0.1, 0.15) is 12.2 Å². The summed E-state index contributed by atoms with van der Waals surface area (Å²) in [6.07, 6.45) is 3.75. The monoisotopic (exact) mass is 341 g/mol. The first kappa shape index (κ1) is 14.6. The highest BCUT2D eigenvalue weighted by Crippen LogP contribution is 2.44. The van der Waals surface area contributed by atoms with E-state index in [2.05, 4.69) is 53.4 Å². The number of benzene rings is 2. The molecular weight excluding hydrogens is 322 g/mol. The molecule has 5 rings (SSSR count). The van der Waals surface area contributed by atoms with Gasteiger partial charge in [0.2, 0.25) is 0 Å². The van der Waals surface area contributed by atoms with Crippen molar-refractivity contribution in [1.29, 1.82) is 0 Å². The maximum absolute atomic E-state index is 11.7. The van der Waals surface area contributed by atoms with Gasteiger partial charge in [-0.25, -0.2) is 0 Å². The van der Waals surface area contributed by atoms with E-state index in [0.717, 1.165) is 25.7 Å². The van der Waals surface area contributed by atoms with Gasteiger partial charge in [-0.2, -0.15) is 4.21 Å². The molecule has 1 saturated carbocycles. The van der Waals surface area contributed by atoms with Gasteiger partial charge < -0.3 is 4.90 Å². The van der Waals surface area contributed by atoms with Crippen LogP contribution in [0.2, 0.25) is 0 Å². The molecule has 4 atom stereocenters. The molecule has 0 bridgehead atoms. The van der Waals surface area contributed by atoms with E-state index in [1.54, 1.807) is 0 Å². The van der Waals surface area contributed by atoms with Crippen LogP contribution in [0.15, 0.2) is 48.5 Å². The molecule has 0 radical (unpaired) electrons. The Labute approximate surface area is 144 Å². The molecule has 124 valence electrons. The molecule has 2 aromatic rings. The third-order valence-corrected chi connectivity index (χ3v) is 6.17. The zero-order valence-electron chi connectivity index (χ0n) is 13.3. The van der Waals surface area contributed by atoms with E-state index in [9.17, 15) is 4.21 Å². The Hall–Kier alpha value is -1.69. The predicted octanol–water partition coefficient (Wildman–Crippen LogP) is 3.45. The molecule has 2 aromatic carbocycles. The first-order valence-corrected chi connectivity index (χ1v) is 9.52. The molecule has 24 heavy (non-hydrogen) atoms. The van der Waals surface area contributed by atoms with Crippen molar-refractivity contribution in [3.63, 3.8) is 0 Å². The van der Waals surface area contributed by atoms with Crippen LogP contribution >= 0.6 is 0 Å². The smallest absolute Gasteiger partial charge is 0.305 e. The van der Waals surface area contributed by atoms with Gasteiger partial charge in [0.05, 0.1) is 6.04 Å². The molecule has 2 fully saturated rings. The molecule has 4 nitrogen and oxygen atoms in total. The Morgan fingerprint density at radius 3 is 2.17 bits per heavy atom. The fourth-order valence-corrected chi connectivity index (χ4v) is 5.19. The summed E-state index contributed by atoms with van der Waals surface area (Å²) in [7, 11) is 0. The van der Waals surface area contributed by atoms with Gasteiger partial charge in [-0.3, -0.25) is 8.37 Å². The second kappa shape index (κ2) is 5.69. The molecule has 2 heterocycles. The van der Waals surface area contributed by atoms with E-state index in [0.29, 0.717) is 0 Å². The minimum Gasteiger partial charge on any atom is -0.335 e. The minimum absolute atomic E-state index is 0.0570. The SMILES string of the molecule is O=S1OC2CCC(N3c4ccccc4CCc4ccccc43)C2O1. The zero-order chi connectivity index (χ0) is 16.1. The van der Waals surface area contributed by atoms with Crippen LogP contribution in [0.3, 0.4) is 0 Å². The van der Waals surface area contributed by atoms with Crippen LogP contribution in [0.4, 0.5) is 11.4 Å². The summed E-state index contributed by atoms with van der Waals surface area (Å²) in [5.41, 5.74) is 5.21. The van der Waals surface area contributed by atoms with Crippen molar-refractivity contribution in [2.75, 3.05) is 4.90 Å². The highest BCUT2D eigenvalue weighted by molar-refractivity contribution is 7.75. The van der Waals surface area contributed by atoms with E-state index < -0.39 is 11.4 Å². The standard InChI is InChI=1S/C19H19NO3S/c21-24-22-18-12-11-17(19(18)23-24)20-15-7-3-1-5-13(15)9-10-14-6-2-4-8-16(14)20/h1-8,17-19H,9-12H2. The number of hydrogen-bond acceptors (Lipinski definition) is 4. The van der Waals surface area contributed by atoms with Gasteiger partial charge >= 0.3 is 11.4 Å². The van der Waals surface area contributed by atoms with E-state index in [1.165, 1.54) is 22.5 Å². The van der Waals surface area contributed by atoms with Gasteiger partial charge in [0, 0.05) is 11.4 Å². The quantitative estimate of drug-likeness (QED) is 0.796. The van der Waals surface area contributed by atoms with Crippen LogP contribution in [-0.2, 0) is 32.6 Å². The van der Waals surface area contributed by atoms with E-state index in [1.807, 2.05) is 0 Å². The van der Waals surface area contributed by atoms with Gasteiger partial charge in [0.25, 0.3) is 0 Å². The first-order chi connectivity index (χ1) is 11.8. The van der Waals surface area contributed by atoms with E-state index in [-0.39, 0.29) is 18.2 Å². The molecular formula is C19H19NO3S. The number of hydrogen-bond donors (Lipinski definition) is 0. The molecule has 3 aliphatic rings. The number of para-hydroxylation sites is 2. The zero-order valence-corrected chi connectivity index (χ0v) is 14.1. The third kappa shape index (κ3) is 2.23. The van der Waals surface area contributed by atoms with Gasteiger partial charge in [-0.1, -0.05) is 36.4 Å². The Morgan fingerprint density at radius 2 is 1.50 bits per heavy atom. The van der Waals surface area contributed by atoms with Crippen LogP contribution in [0.25, 0.3) is 0 Å². The van der Waals surface area contributed by atoms with Gasteiger partial charge in [-0.05, 0) is 48.9 Å². The lowest BCUT2D eigenvalue weighted by molar-refractivity contribution is 0.175. The average Bonchev–Trinajstić information content (AvgIpc) is 3.10. The molecule has 0 N–H and O–H groups in total. The second-order valence-corrected chi connectivity index (χ2v) is 7.46. The number of fused-ring (bicyclic) bond motifs is 3. The van der Waals surface area contributed by atoms with Gasteiger partial charge in [-0.15, -0.1) is 0 Å². The average molecular weight is 341 g/mol. The van der Waals surface area contributed by atoms with Crippen molar-refractivity contribution in [2.24, 2.45) is 0 Å². The molecule has 0 amide bonds. The highest BCUT2D eigenvalue weighted by atomic mass is 32.2. The lowest BCUT2D eigenvalue weighted by atomic mass is 10.0. The Balaban J connectivity index is 1.65. The Kier molecular flexibility index (Phi) is 3.47. The second-order valence-electron chi connectivity index (χ2n) is 6.67. The minimum atomic E-state index is -1.60. The molecule has 0 aromatic heterocycles. The lowest BCUT2D eigenvalue weighted by Gasteiger charge is -2.34. The Bertz CT molecular complexity index is 761. The molecule has 4 unspecified atom stereocenters. The summed E-state index contributed by atoms with van der Waals surface area (Å²) in [6.45, 7) is 0. The highest BCUT2D eigenvalue weighted by Gasteiger charge is 2.49. The van der Waals surface area contributed by atoms with Crippen molar-refractivity contribution < 1.29 is 12.6 Å². The maximum Gasteiger partial charge on any atom is 0.305 e. The van der Waals surface area contributed by atoms with Crippen molar-refractivity contribution in [1.82, 2.24) is 0 Å². The summed E-state index contributed by atoms with van der Waals surface area (Å²) in [4.78, 5) is 2.41. The van der Waals surface area contributed by atoms with Crippen LogP contribution in [-0.4, -0.2) is 22.5 Å². The molecule has 2 aliphatic heterocycles. The fourth-order valence-electron chi connectivity index (χ4n) is 4.30. The molecule has 1 aliphatic carbocycles. The van der Waals surface area contributed by atoms with E-state index in [4.69, 9.17) is 8.37 Å². The summed E-state index contributed by atoms with van der Waals surface area (Å²) in [5.74, 6) is 0. The summed E-state index contributed by atoms with van der Waals surface area (Å²) in [5, 5.41) is 0. The Morgan fingerprint density at radius 1 is 0.875 bits per heavy atom. The third-order valence-electron chi connectivity index (χ3n) is 5.38. The summed E-state index contributed by atoms with van der Waals surface area (Å²) < 4.78 is 22.8. The topological polar surface area (TPSA) is 38.8 Å². The van der Waals surface area contributed by atoms with Crippen molar-refractivity contribution in [3.05, 3.63) is 59.7 Å². The number of rotatable bonds is 1. The predicted molar refractivity (Wildman–Crippen MR) is 93.3 cm³/mol. The van der Waals surface area contributed by atoms with Crippen molar-refractivity contribution >= 4 is 22.7 Å². The normalized spacial score (nSPS) is 31.2. The van der Waals surface area contributed by atoms with Crippen molar-refractivity contribution in [2.45, 2.75) is 43.9 Å². The molecule has 0 spiro atoms. The fraction of sp³-hybridized carbons (Fsp3) is 0.368. The van der Waals surface area contributed by atoms with Crippen LogP contribution < -0.4 is 4.90 Å². The van der Waals surface area contributed by atoms with Crippen LogP contribution in [0, 0.1) is 0 Å². The first-order valence-electron chi connectivity index (χ1n) is 8.52. The maximum atomic E-state index is 11.7. The largest absolute Gasteiger partial charge is 0.335 e. The van der Waals surface area contributed by atoms with Gasteiger partial charge in [0.15, 0.2) is 0 Å². The van der Waals surface area contributed by atoms with Crippen molar-refractivity contribution in [3.8, 4) is 0 Å². The van der Waals surface area contributed by atoms with Crippen LogP contribution in [0.5, 0.6) is 0 Å². The molecule has 1 saturated heterocycles. The lowest BCUT2D eigenvalue weighted by Crippen LogP contribution is -2.40. The number of nitrogens with zero attached hydrogens (tertiary/aromatic N) is 1. The number of aryl methyl sites for hydroxylation is 2. The summed E-state index contributed by atoms with van der Waals surface area (Å²) >= 11 is -1.60. The van der Waals surface area contributed by atoms with E-state index >= 15 is 0 Å². The number of anilines is 2.